The van der Waals surface area contributed by atoms with Gasteiger partial charge in [-0.3, -0.25) is 4.79 Å². The summed E-state index contributed by atoms with van der Waals surface area (Å²) in [7, 11) is 0. The van der Waals surface area contributed by atoms with Crippen molar-refractivity contribution in [3.05, 3.63) is 27.8 Å². The number of carbonyl (C=O) groups excluding carboxylic acids is 1. The molecule has 1 unspecified atom stereocenters. The zero-order chi connectivity index (χ0) is 13.8. The zero-order valence-corrected chi connectivity index (χ0v) is 12.4. The van der Waals surface area contributed by atoms with Gasteiger partial charge in [-0.1, -0.05) is 0 Å². The number of amides is 1. The number of rotatable bonds is 4. The van der Waals surface area contributed by atoms with Gasteiger partial charge in [0, 0.05) is 10.1 Å². The lowest BCUT2D eigenvalue weighted by Crippen LogP contribution is -2.42. The largest absolute Gasteiger partial charge is 0.484 e. The number of halogens is 1. The summed E-state index contributed by atoms with van der Waals surface area (Å²) in [5, 5.41) is 9.01. The van der Waals surface area contributed by atoms with Crippen molar-refractivity contribution in [1.29, 1.82) is 0 Å². The first-order chi connectivity index (χ1) is 9.08. The second-order valence-electron chi connectivity index (χ2n) is 4.33. The number of ether oxygens (including phenoxy) is 1. The molecule has 2 rings (SSSR count). The first kappa shape index (κ1) is 14.1. The second kappa shape index (κ2) is 6.23. The predicted octanol–water partition coefficient (Wildman–Crippen LogP) is 1.75. The Balaban J connectivity index is 1.90. The van der Waals surface area contributed by atoms with Crippen molar-refractivity contribution >= 4 is 34.5 Å². The molecule has 1 aliphatic heterocycles. The van der Waals surface area contributed by atoms with E-state index < -0.39 is 12.0 Å². The van der Waals surface area contributed by atoms with Crippen molar-refractivity contribution in [3.8, 4) is 5.75 Å². The minimum Gasteiger partial charge on any atom is -0.484 e. The Morgan fingerprint density at radius 1 is 1.37 bits per heavy atom. The van der Waals surface area contributed by atoms with E-state index in [1.165, 1.54) is 4.90 Å². The number of carboxylic acid groups (broad SMARTS) is 1. The Morgan fingerprint density at radius 3 is 2.68 bits per heavy atom. The number of carbonyl (C=O) groups is 2. The van der Waals surface area contributed by atoms with E-state index >= 15 is 0 Å². The molecule has 1 N–H and O–H groups in total. The number of nitrogens with zero attached hydrogens (tertiary/aromatic N) is 1. The maximum atomic E-state index is 11.9. The molecule has 1 saturated heterocycles. The van der Waals surface area contributed by atoms with Crippen LogP contribution in [0, 0.1) is 3.57 Å². The summed E-state index contributed by atoms with van der Waals surface area (Å²) in [6, 6.07) is 6.64. The molecule has 1 atom stereocenters. The number of benzene rings is 1. The Morgan fingerprint density at radius 2 is 2.05 bits per heavy atom. The summed E-state index contributed by atoms with van der Waals surface area (Å²) in [4.78, 5) is 24.3. The number of aliphatic carboxylic acids is 1. The fraction of sp³-hybridized carbons (Fsp3) is 0.385. The molecule has 1 heterocycles. The predicted molar refractivity (Wildman–Crippen MR) is 77.0 cm³/mol. The van der Waals surface area contributed by atoms with Crippen LogP contribution in [-0.2, 0) is 9.59 Å². The smallest absolute Gasteiger partial charge is 0.326 e. The first-order valence-electron chi connectivity index (χ1n) is 5.98. The van der Waals surface area contributed by atoms with E-state index in [9.17, 15) is 9.59 Å². The average molecular weight is 375 g/mol. The van der Waals surface area contributed by atoms with Gasteiger partial charge in [0.15, 0.2) is 6.61 Å². The van der Waals surface area contributed by atoms with Crippen molar-refractivity contribution in [1.82, 2.24) is 4.90 Å². The molecular formula is C13H14INO4. The van der Waals surface area contributed by atoms with E-state index in [1.54, 1.807) is 12.1 Å². The van der Waals surface area contributed by atoms with Crippen molar-refractivity contribution in [2.75, 3.05) is 13.2 Å². The quantitative estimate of drug-likeness (QED) is 0.815. The third-order valence-corrected chi connectivity index (χ3v) is 3.75. The SMILES string of the molecule is O=C(O)C1CCCN1C(=O)COc1ccc(I)cc1. The van der Waals surface area contributed by atoms with Crippen molar-refractivity contribution in [2.45, 2.75) is 18.9 Å². The number of hydrogen-bond donors (Lipinski definition) is 1. The molecule has 6 heteroatoms. The molecule has 102 valence electrons. The van der Waals surface area contributed by atoms with Crippen molar-refractivity contribution in [2.24, 2.45) is 0 Å². The van der Waals surface area contributed by atoms with Gasteiger partial charge in [-0.25, -0.2) is 4.79 Å². The minimum absolute atomic E-state index is 0.121. The van der Waals surface area contributed by atoms with Crippen molar-refractivity contribution < 1.29 is 19.4 Å². The molecule has 0 spiro atoms. The van der Waals surface area contributed by atoms with Crippen LogP contribution in [0.5, 0.6) is 5.75 Å². The molecular weight excluding hydrogens is 361 g/mol. The molecule has 0 aliphatic carbocycles. The van der Waals surface area contributed by atoms with Gasteiger partial charge in [-0.05, 0) is 59.7 Å². The van der Waals surface area contributed by atoms with Gasteiger partial charge < -0.3 is 14.7 Å². The number of carboxylic acids is 1. The lowest BCUT2D eigenvalue weighted by Gasteiger charge is -2.21. The topological polar surface area (TPSA) is 66.8 Å². The van der Waals surface area contributed by atoms with Gasteiger partial charge in [0.25, 0.3) is 5.91 Å². The van der Waals surface area contributed by atoms with E-state index in [1.807, 2.05) is 12.1 Å². The summed E-state index contributed by atoms with van der Waals surface area (Å²) >= 11 is 2.18. The van der Waals surface area contributed by atoms with Crippen LogP contribution in [0.25, 0.3) is 0 Å². The Hall–Kier alpha value is -1.31. The average Bonchev–Trinajstić information content (AvgIpc) is 2.87. The van der Waals surface area contributed by atoms with Crippen LogP contribution in [0.2, 0.25) is 0 Å². The highest BCUT2D eigenvalue weighted by Gasteiger charge is 2.33. The fourth-order valence-corrected chi connectivity index (χ4v) is 2.44. The van der Waals surface area contributed by atoms with Crippen molar-refractivity contribution in [3.63, 3.8) is 0 Å². The molecule has 19 heavy (non-hydrogen) atoms. The monoisotopic (exact) mass is 375 g/mol. The summed E-state index contributed by atoms with van der Waals surface area (Å²) in [5.41, 5.74) is 0. The van der Waals surface area contributed by atoms with Gasteiger partial charge in [0.2, 0.25) is 0 Å². The minimum atomic E-state index is -0.944. The number of hydrogen-bond acceptors (Lipinski definition) is 3. The highest BCUT2D eigenvalue weighted by molar-refractivity contribution is 14.1. The molecule has 1 aromatic rings. The van der Waals surface area contributed by atoms with Gasteiger partial charge in [-0.15, -0.1) is 0 Å². The van der Waals surface area contributed by atoms with E-state index in [-0.39, 0.29) is 12.5 Å². The van der Waals surface area contributed by atoms with Gasteiger partial charge in [-0.2, -0.15) is 0 Å². The fourth-order valence-electron chi connectivity index (χ4n) is 2.08. The summed E-state index contributed by atoms with van der Waals surface area (Å²) in [5.74, 6) is -0.608. The Bertz CT molecular complexity index is 474. The van der Waals surface area contributed by atoms with Crippen LogP contribution < -0.4 is 4.74 Å². The Labute approximate surface area is 124 Å². The van der Waals surface area contributed by atoms with E-state index in [0.717, 1.165) is 9.99 Å². The lowest BCUT2D eigenvalue weighted by molar-refractivity contribution is -0.148. The third kappa shape index (κ3) is 3.59. The van der Waals surface area contributed by atoms with Crippen LogP contribution in [-0.4, -0.2) is 41.1 Å². The molecule has 5 nitrogen and oxygen atoms in total. The highest BCUT2D eigenvalue weighted by Crippen LogP contribution is 2.18. The van der Waals surface area contributed by atoms with Crippen LogP contribution in [0.15, 0.2) is 24.3 Å². The van der Waals surface area contributed by atoms with Crippen LogP contribution in [0.1, 0.15) is 12.8 Å². The lowest BCUT2D eigenvalue weighted by atomic mass is 10.2. The highest BCUT2D eigenvalue weighted by atomic mass is 127. The van der Waals surface area contributed by atoms with Gasteiger partial charge in [0.05, 0.1) is 0 Å². The zero-order valence-electron chi connectivity index (χ0n) is 10.2. The van der Waals surface area contributed by atoms with Gasteiger partial charge >= 0.3 is 5.97 Å². The molecule has 0 saturated carbocycles. The maximum Gasteiger partial charge on any atom is 0.326 e. The maximum absolute atomic E-state index is 11.9. The molecule has 0 aromatic heterocycles. The summed E-state index contributed by atoms with van der Waals surface area (Å²) < 4.78 is 6.46. The van der Waals surface area contributed by atoms with E-state index in [2.05, 4.69) is 22.6 Å². The molecule has 0 bridgehead atoms. The van der Waals surface area contributed by atoms with Gasteiger partial charge in [0.1, 0.15) is 11.8 Å². The van der Waals surface area contributed by atoms with Crippen LogP contribution >= 0.6 is 22.6 Å². The standard InChI is InChI=1S/C13H14INO4/c14-9-3-5-10(6-4-9)19-8-12(16)15-7-1-2-11(15)13(17)18/h3-6,11H,1-2,7-8H2,(H,17,18). The molecule has 0 radical (unpaired) electrons. The van der Waals surface area contributed by atoms with Crippen LogP contribution in [0.3, 0.4) is 0 Å². The second-order valence-corrected chi connectivity index (χ2v) is 5.57. The molecule has 1 fully saturated rings. The van der Waals surface area contributed by atoms with E-state index in [4.69, 9.17) is 9.84 Å². The first-order valence-corrected chi connectivity index (χ1v) is 7.06. The summed E-state index contributed by atoms with van der Waals surface area (Å²) in [6.07, 6.45) is 1.25. The third-order valence-electron chi connectivity index (χ3n) is 3.03. The van der Waals surface area contributed by atoms with E-state index in [0.29, 0.717) is 18.7 Å². The molecule has 1 aliphatic rings. The Kier molecular flexibility index (Phi) is 4.62. The molecule has 1 amide bonds. The van der Waals surface area contributed by atoms with Crippen LogP contribution in [0.4, 0.5) is 0 Å². The molecule has 1 aromatic carbocycles. The number of likely N-dealkylation sites (tertiary alicyclic amines) is 1. The summed E-state index contributed by atoms with van der Waals surface area (Å²) in [6.45, 7) is 0.371. The normalized spacial score (nSPS) is 18.4.